The number of nitrogens with zero attached hydrogens (tertiary/aromatic N) is 4. The number of aromatic nitrogens is 4. The topological polar surface area (TPSA) is 52.7 Å². The van der Waals surface area contributed by atoms with Crippen LogP contribution in [0.25, 0.3) is 22.6 Å². The Labute approximate surface area is 103 Å². The molecule has 5 nitrogen and oxygen atoms in total. The first-order valence-corrected chi connectivity index (χ1v) is 5.62. The van der Waals surface area contributed by atoms with Crippen molar-refractivity contribution in [2.24, 2.45) is 14.1 Å². The van der Waals surface area contributed by atoms with Gasteiger partial charge in [-0.25, -0.2) is 4.98 Å². The number of aryl methyl sites for hydroxylation is 2. The van der Waals surface area contributed by atoms with E-state index in [2.05, 4.69) is 9.97 Å². The second-order valence-corrected chi connectivity index (χ2v) is 4.19. The summed E-state index contributed by atoms with van der Waals surface area (Å²) in [6.07, 6.45) is 1.63. The van der Waals surface area contributed by atoms with Crippen molar-refractivity contribution in [1.29, 1.82) is 0 Å². The number of rotatable bonds is 1. The minimum atomic E-state index is -0.248. The van der Waals surface area contributed by atoms with Gasteiger partial charge in [0.15, 0.2) is 11.2 Å². The molecule has 0 saturated carbocycles. The fourth-order valence-electron chi connectivity index (χ4n) is 2.08. The lowest BCUT2D eigenvalue weighted by molar-refractivity contribution is 0.895. The lowest BCUT2D eigenvalue weighted by Crippen LogP contribution is -2.16. The molecule has 3 aromatic rings. The molecule has 0 fully saturated rings. The van der Waals surface area contributed by atoms with E-state index >= 15 is 0 Å². The molecule has 0 radical (unpaired) electrons. The van der Waals surface area contributed by atoms with Crippen LogP contribution in [0.4, 0.5) is 0 Å². The average Bonchev–Trinajstić information content (AvgIpc) is 2.78. The van der Waals surface area contributed by atoms with Crippen molar-refractivity contribution in [1.82, 2.24) is 19.1 Å². The van der Waals surface area contributed by atoms with Gasteiger partial charge in [0.25, 0.3) is 5.56 Å². The van der Waals surface area contributed by atoms with Crippen molar-refractivity contribution in [3.05, 3.63) is 47.0 Å². The van der Waals surface area contributed by atoms with Crippen molar-refractivity contribution in [2.45, 2.75) is 0 Å². The van der Waals surface area contributed by atoms with E-state index in [1.165, 1.54) is 0 Å². The molecule has 0 amide bonds. The van der Waals surface area contributed by atoms with Crippen LogP contribution in [0, 0.1) is 0 Å². The van der Waals surface area contributed by atoms with E-state index in [0.29, 0.717) is 17.0 Å². The fraction of sp³-hybridized carbons (Fsp3) is 0.154. The Bertz CT molecular complexity index is 771. The first-order valence-electron chi connectivity index (χ1n) is 5.62. The van der Waals surface area contributed by atoms with Gasteiger partial charge in [-0.15, -0.1) is 0 Å². The van der Waals surface area contributed by atoms with Crippen molar-refractivity contribution in [3.63, 3.8) is 0 Å². The molecule has 0 spiro atoms. The number of hydrogen-bond acceptors (Lipinski definition) is 3. The Balaban J connectivity index is 2.40. The summed E-state index contributed by atoms with van der Waals surface area (Å²) in [5.41, 5.74) is 1.83. The quantitative estimate of drug-likeness (QED) is 0.645. The van der Waals surface area contributed by atoms with Crippen molar-refractivity contribution in [2.75, 3.05) is 0 Å². The zero-order chi connectivity index (χ0) is 12.7. The van der Waals surface area contributed by atoms with E-state index < -0.39 is 0 Å². The molecule has 0 atom stereocenters. The average molecular weight is 240 g/mol. The number of benzene rings is 1. The third-order valence-corrected chi connectivity index (χ3v) is 3.00. The van der Waals surface area contributed by atoms with Crippen LogP contribution >= 0.6 is 0 Å². The minimum absolute atomic E-state index is 0.248. The summed E-state index contributed by atoms with van der Waals surface area (Å²) in [5.74, 6) is 0.631. The van der Waals surface area contributed by atoms with Crippen molar-refractivity contribution >= 4 is 11.2 Å². The molecular weight excluding hydrogens is 228 g/mol. The molecule has 0 saturated heterocycles. The zero-order valence-corrected chi connectivity index (χ0v) is 10.2. The first kappa shape index (κ1) is 10.7. The molecule has 0 aliphatic heterocycles. The van der Waals surface area contributed by atoms with Gasteiger partial charge in [-0.1, -0.05) is 30.3 Å². The molecule has 1 aromatic carbocycles. The molecule has 2 heterocycles. The first-order chi connectivity index (χ1) is 8.68. The fourth-order valence-corrected chi connectivity index (χ4v) is 2.08. The van der Waals surface area contributed by atoms with Crippen LogP contribution in [0.2, 0.25) is 0 Å². The van der Waals surface area contributed by atoms with Gasteiger partial charge in [0.05, 0.1) is 6.33 Å². The minimum Gasteiger partial charge on any atom is -0.328 e. The van der Waals surface area contributed by atoms with E-state index in [1.54, 1.807) is 17.9 Å². The standard InChI is InChI=1S/C13H12N4O/c1-16-8-14-12-10(16)13(18)15-11(17(12)2)9-6-4-3-5-7-9/h3-8H,1-2H3. The highest BCUT2D eigenvalue weighted by Crippen LogP contribution is 2.17. The molecule has 0 bridgehead atoms. The van der Waals surface area contributed by atoms with Crippen molar-refractivity contribution < 1.29 is 0 Å². The van der Waals surface area contributed by atoms with E-state index in [4.69, 9.17) is 0 Å². The summed E-state index contributed by atoms with van der Waals surface area (Å²) in [6.45, 7) is 0. The van der Waals surface area contributed by atoms with Crippen LogP contribution in [0.15, 0.2) is 41.5 Å². The highest BCUT2D eigenvalue weighted by atomic mass is 16.1. The van der Waals surface area contributed by atoms with Gasteiger partial charge in [0, 0.05) is 19.7 Å². The Morgan fingerprint density at radius 1 is 1.11 bits per heavy atom. The predicted molar refractivity (Wildman–Crippen MR) is 69.2 cm³/mol. The Kier molecular flexibility index (Phi) is 2.26. The summed E-state index contributed by atoms with van der Waals surface area (Å²) in [7, 11) is 3.66. The molecule has 5 heteroatoms. The van der Waals surface area contributed by atoms with E-state index in [1.807, 2.05) is 41.9 Å². The van der Waals surface area contributed by atoms with Crippen LogP contribution in [0.1, 0.15) is 0 Å². The van der Waals surface area contributed by atoms with E-state index in [9.17, 15) is 4.79 Å². The van der Waals surface area contributed by atoms with E-state index in [-0.39, 0.29) is 5.56 Å². The molecule has 2 aromatic heterocycles. The molecule has 0 unspecified atom stereocenters. The second kappa shape index (κ2) is 3.80. The molecule has 0 aliphatic carbocycles. The molecular formula is C13H12N4O. The summed E-state index contributed by atoms with van der Waals surface area (Å²) in [4.78, 5) is 20.4. The summed E-state index contributed by atoms with van der Waals surface area (Å²) >= 11 is 0. The molecule has 18 heavy (non-hydrogen) atoms. The lowest BCUT2D eigenvalue weighted by atomic mass is 10.2. The van der Waals surface area contributed by atoms with Crippen LogP contribution in [-0.4, -0.2) is 19.1 Å². The molecule has 3 rings (SSSR count). The number of hydrogen-bond donors (Lipinski definition) is 0. The van der Waals surface area contributed by atoms with Gasteiger partial charge in [-0.2, -0.15) is 4.98 Å². The highest BCUT2D eigenvalue weighted by molar-refractivity contribution is 5.73. The Morgan fingerprint density at radius 3 is 2.56 bits per heavy atom. The van der Waals surface area contributed by atoms with Crippen LogP contribution < -0.4 is 5.56 Å². The summed E-state index contributed by atoms with van der Waals surface area (Å²) in [5, 5.41) is 0. The lowest BCUT2D eigenvalue weighted by Gasteiger charge is -2.08. The maximum Gasteiger partial charge on any atom is 0.299 e. The second-order valence-electron chi connectivity index (χ2n) is 4.19. The highest BCUT2D eigenvalue weighted by Gasteiger charge is 2.12. The molecule has 90 valence electrons. The Morgan fingerprint density at radius 2 is 1.83 bits per heavy atom. The van der Waals surface area contributed by atoms with Gasteiger partial charge in [0.2, 0.25) is 0 Å². The summed E-state index contributed by atoms with van der Waals surface area (Å²) < 4.78 is 3.53. The molecule has 0 N–H and O–H groups in total. The maximum atomic E-state index is 12.0. The third-order valence-electron chi connectivity index (χ3n) is 3.00. The SMILES string of the molecule is Cn1cnc2c1c(=O)nc(-c1ccccc1)n2C. The van der Waals surface area contributed by atoms with E-state index in [0.717, 1.165) is 5.56 Å². The summed E-state index contributed by atoms with van der Waals surface area (Å²) in [6, 6.07) is 9.63. The monoisotopic (exact) mass is 240 g/mol. The number of fused-ring (bicyclic) bond motifs is 1. The van der Waals surface area contributed by atoms with Gasteiger partial charge in [0.1, 0.15) is 5.82 Å². The third kappa shape index (κ3) is 1.44. The van der Waals surface area contributed by atoms with Gasteiger partial charge in [-0.05, 0) is 0 Å². The predicted octanol–water partition coefficient (Wildman–Crippen LogP) is 1.33. The maximum absolute atomic E-state index is 12.0. The number of imidazole rings is 1. The van der Waals surface area contributed by atoms with Gasteiger partial charge < -0.3 is 9.13 Å². The van der Waals surface area contributed by atoms with Crippen molar-refractivity contribution in [3.8, 4) is 11.4 Å². The van der Waals surface area contributed by atoms with Crippen LogP contribution in [-0.2, 0) is 14.1 Å². The van der Waals surface area contributed by atoms with Crippen LogP contribution in [0.5, 0.6) is 0 Å². The largest absolute Gasteiger partial charge is 0.328 e. The molecule has 0 aliphatic rings. The van der Waals surface area contributed by atoms with Gasteiger partial charge >= 0.3 is 0 Å². The van der Waals surface area contributed by atoms with Gasteiger partial charge in [-0.3, -0.25) is 4.79 Å². The Hall–Kier alpha value is -2.43. The smallest absolute Gasteiger partial charge is 0.299 e. The normalized spacial score (nSPS) is 11.0. The zero-order valence-electron chi connectivity index (χ0n) is 10.2. The van der Waals surface area contributed by atoms with Crippen LogP contribution in [0.3, 0.4) is 0 Å².